The minimum Gasteiger partial charge on any atom is -0.297 e. The van der Waals surface area contributed by atoms with Crippen molar-refractivity contribution >= 4 is 33.4 Å². The predicted molar refractivity (Wildman–Crippen MR) is 56.0 cm³/mol. The van der Waals surface area contributed by atoms with Crippen LogP contribution in [-0.4, -0.2) is 6.29 Å². The second-order valence-corrected chi connectivity index (χ2v) is 3.70. The van der Waals surface area contributed by atoms with Crippen molar-refractivity contribution in [2.75, 3.05) is 0 Å². The molecule has 0 aliphatic carbocycles. The second kappa shape index (κ2) is 3.49. The summed E-state index contributed by atoms with van der Waals surface area (Å²) >= 11 is 1.33. The fraction of sp³-hybridized carbons (Fsp3) is 0. The Balaban J connectivity index is 2.86. The van der Waals surface area contributed by atoms with E-state index in [2.05, 4.69) is 10.0 Å². The first-order valence-electron chi connectivity index (χ1n) is 3.88. The monoisotopic (exact) mass is 203 g/mol. The van der Waals surface area contributed by atoms with Crippen LogP contribution in [0.1, 0.15) is 9.67 Å². The summed E-state index contributed by atoms with van der Waals surface area (Å²) in [7, 11) is 0. The Morgan fingerprint density at radius 3 is 2.93 bits per heavy atom. The van der Waals surface area contributed by atoms with Crippen LogP contribution < -0.4 is 0 Å². The van der Waals surface area contributed by atoms with E-state index >= 15 is 0 Å². The van der Waals surface area contributed by atoms with Gasteiger partial charge < -0.3 is 0 Å². The topological polar surface area (TPSA) is 65.8 Å². The Labute approximate surface area is 83.4 Å². The standard InChI is InChI=1S/C9H5N3OS/c10-12-11-9-6-3-1-2-4-7(6)14-8(9)5-13/h1-5H. The smallest absolute Gasteiger partial charge is 0.160 e. The van der Waals surface area contributed by atoms with Gasteiger partial charge in [-0.2, -0.15) is 0 Å². The lowest BCUT2D eigenvalue weighted by Crippen LogP contribution is -1.68. The molecule has 0 saturated heterocycles. The fourth-order valence-corrected chi connectivity index (χ4v) is 2.23. The zero-order chi connectivity index (χ0) is 9.97. The third-order valence-electron chi connectivity index (χ3n) is 1.85. The van der Waals surface area contributed by atoms with Crippen molar-refractivity contribution in [3.05, 3.63) is 39.6 Å². The van der Waals surface area contributed by atoms with Crippen molar-refractivity contribution in [1.29, 1.82) is 0 Å². The first-order chi connectivity index (χ1) is 6.86. The molecule has 0 saturated carbocycles. The van der Waals surface area contributed by atoms with Gasteiger partial charge in [-0.05, 0) is 11.6 Å². The van der Waals surface area contributed by atoms with E-state index in [1.807, 2.05) is 24.3 Å². The van der Waals surface area contributed by atoms with Crippen molar-refractivity contribution in [2.45, 2.75) is 0 Å². The molecule has 68 valence electrons. The maximum absolute atomic E-state index is 10.7. The number of carbonyl (C=O) groups is 1. The van der Waals surface area contributed by atoms with Crippen LogP contribution >= 0.6 is 11.3 Å². The Kier molecular flexibility index (Phi) is 2.18. The van der Waals surface area contributed by atoms with Crippen LogP contribution in [0, 0.1) is 0 Å². The molecule has 2 aromatic rings. The number of fused-ring (bicyclic) bond motifs is 1. The number of hydrogen-bond donors (Lipinski definition) is 0. The molecule has 0 N–H and O–H groups in total. The molecule has 0 amide bonds. The van der Waals surface area contributed by atoms with Crippen molar-refractivity contribution in [1.82, 2.24) is 0 Å². The molecule has 2 rings (SSSR count). The lowest BCUT2D eigenvalue weighted by Gasteiger charge is -1.88. The molecular weight excluding hydrogens is 198 g/mol. The lowest BCUT2D eigenvalue weighted by molar-refractivity contribution is 0.112. The minimum absolute atomic E-state index is 0.433. The van der Waals surface area contributed by atoms with Gasteiger partial charge >= 0.3 is 0 Å². The van der Waals surface area contributed by atoms with Crippen LogP contribution in [0.3, 0.4) is 0 Å². The van der Waals surface area contributed by atoms with E-state index in [4.69, 9.17) is 5.53 Å². The highest BCUT2D eigenvalue weighted by atomic mass is 32.1. The molecule has 0 fully saturated rings. The van der Waals surface area contributed by atoms with Gasteiger partial charge in [0, 0.05) is 15.0 Å². The number of nitrogens with zero attached hydrogens (tertiary/aromatic N) is 3. The average molecular weight is 203 g/mol. The normalized spacial score (nSPS) is 9.71. The van der Waals surface area contributed by atoms with Crippen molar-refractivity contribution in [3.8, 4) is 0 Å². The number of benzene rings is 1. The van der Waals surface area contributed by atoms with Gasteiger partial charge in [-0.3, -0.25) is 4.79 Å². The summed E-state index contributed by atoms with van der Waals surface area (Å²) in [6, 6.07) is 7.46. The maximum atomic E-state index is 10.7. The molecule has 1 aromatic carbocycles. The zero-order valence-corrected chi connectivity index (χ0v) is 7.86. The SMILES string of the molecule is [N-]=[N+]=Nc1c(C=O)sc2ccccc12. The van der Waals surface area contributed by atoms with E-state index in [9.17, 15) is 4.79 Å². The van der Waals surface area contributed by atoms with E-state index < -0.39 is 0 Å². The van der Waals surface area contributed by atoms with Gasteiger partial charge in [0.25, 0.3) is 0 Å². The predicted octanol–water partition coefficient (Wildman–Crippen LogP) is 3.66. The highest BCUT2D eigenvalue weighted by Gasteiger charge is 2.08. The van der Waals surface area contributed by atoms with Crippen LogP contribution in [-0.2, 0) is 0 Å². The van der Waals surface area contributed by atoms with E-state index in [0.29, 0.717) is 16.9 Å². The van der Waals surface area contributed by atoms with Crippen LogP contribution in [0.5, 0.6) is 0 Å². The molecule has 5 heteroatoms. The summed E-state index contributed by atoms with van der Waals surface area (Å²) in [5.74, 6) is 0. The Morgan fingerprint density at radius 1 is 1.43 bits per heavy atom. The molecule has 1 aromatic heterocycles. The van der Waals surface area contributed by atoms with E-state index in [0.717, 1.165) is 10.1 Å². The van der Waals surface area contributed by atoms with Gasteiger partial charge in [-0.25, -0.2) is 0 Å². The van der Waals surface area contributed by atoms with E-state index in [1.54, 1.807) is 0 Å². The van der Waals surface area contributed by atoms with Crippen LogP contribution in [0.15, 0.2) is 29.4 Å². The molecule has 0 unspecified atom stereocenters. The molecule has 4 nitrogen and oxygen atoms in total. The van der Waals surface area contributed by atoms with Crippen LogP contribution in [0.25, 0.3) is 20.5 Å². The number of thiophene rings is 1. The molecule has 0 aliphatic heterocycles. The molecule has 0 bridgehead atoms. The number of aldehydes is 1. The third kappa shape index (κ3) is 1.25. The minimum atomic E-state index is 0.433. The summed E-state index contributed by atoms with van der Waals surface area (Å²) in [5, 5.41) is 4.36. The van der Waals surface area contributed by atoms with Gasteiger partial charge in [0.1, 0.15) is 0 Å². The molecule has 0 radical (unpaired) electrons. The highest BCUT2D eigenvalue weighted by Crippen LogP contribution is 2.36. The number of hydrogen-bond acceptors (Lipinski definition) is 3. The molecule has 0 atom stereocenters. The summed E-state index contributed by atoms with van der Waals surface area (Å²) < 4.78 is 0.956. The second-order valence-electron chi connectivity index (χ2n) is 2.62. The third-order valence-corrected chi connectivity index (χ3v) is 2.93. The van der Waals surface area contributed by atoms with Gasteiger partial charge in [0.2, 0.25) is 0 Å². The first-order valence-corrected chi connectivity index (χ1v) is 4.70. The maximum Gasteiger partial charge on any atom is 0.160 e. The molecule has 1 heterocycles. The summed E-state index contributed by atoms with van der Waals surface area (Å²) in [6.45, 7) is 0. The van der Waals surface area contributed by atoms with Gasteiger partial charge in [-0.1, -0.05) is 23.3 Å². The van der Waals surface area contributed by atoms with Crippen molar-refractivity contribution < 1.29 is 4.79 Å². The van der Waals surface area contributed by atoms with Crippen molar-refractivity contribution in [2.24, 2.45) is 5.11 Å². The Morgan fingerprint density at radius 2 is 2.21 bits per heavy atom. The average Bonchev–Trinajstić information content (AvgIpc) is 2.58. The highest BCUT2D eigenvalue weighted by molar-refractivity contribution is 7.21. The van der Waals surface area contributed by atoms with Crippen molar-refractivity contribution in [3.63, 3.8) is 0 Å². The van der Waals surface area contributed by atoms with Crippen LogP contribution in [0.4, 0.5) is 5.69 Å². The fourth-order valence-electron chi connectivity index (χ4n) is 1.28. The molecule has 0 spiro atoms. The van der Waals surface area contributed by atoms with Gasteiger partial charge in [0.15, 0.2) is 6.29 Å². The molecule has 14 heavy (non-hydrogen) atoms. The Hall–Kier alpha value is -1.84. The van der Waals surface area contributed by atoms with E-state index in [-0.39, 0.29) is 0 Å². The largest absolute Gasteiger partial charge is 0.297 e. The lowest BCUT2D eigenvalue weighted by atomic mass is 10.2. The summed E-state index contributed by atoms with van der Waals surface area (Å²) in [6.07, 6.45) is 0.717. The van der Waals surface area contributed by atoms with Gasteiger partial charge in [-0.15, -0.1) is 11.3 Å². The number of carbonyl (C=O) groups excluding carboxylic acids is 1. The first kappa shape index (κ1) is 8.74. The quantitative estimate of drug-likeness (QED) is 0.318. The van der Waals surface area contributed by atoms with E-state index in [1.165, 1.54) is 11.3 Å². The summed E-state index contributed by atoms with van der Waals surface area (Å²) in [4.78, 5) is 13.9. The summed E-state index contributed by atoms with van der Waals surface area (Å²) in [5.41, 5.74) is 8.80. The zero-order valence-electron chi connectivity index (χ0n) is 7.04. The Bertz CT molecular complexity index is 540. The number of rotatable bonds is 2. The van der Waals surface area contributed by atoms with Gasteiger partial charge in [0.05, 0.1) is 10.6 Å². The van der Waals surface area contributed by atoms with Crippen LogP contribution in [0.2, 0.25) is 0 Å². The molecular formula is C9H5N3OS. The number of azide groups is 1. The molecule has 0 aliphatic rings.